The summed E-state index contributed by atoms with van der Waals surface area (Å²) in [5, 5.41) is 7.09. The van der Waals surface area contributed by atoms with Crippen LogP contribution in [0.1, 0.15) is 29.6 Å². The Morgan fingerprint density at radius 2 is 2.20 bits per heavy atom. The maximum absolute atomic E-state index is 12.6. The number of carbonyl (C=O) groups is 2. The van der Waals surface area contributed by atoms with E-state index < -0.39 is 5.72 Å². The van der Waals surface area contributed by atoms with Gasteiger partial charge in [-0.1, -0.05) is 12.1 Å². The molecule has 1 spiro atoms. The molecule has 25 heavy (non-hydrogen) atoms. The van der Waals surface area contributed by atoms with Crippen molar-refractivity contribution in [2.75, 3.05) is 13.1 Å². The average Bonchev–Trinajstić information content (AvgIpc) is 3.13. The molecule has 1 fully saturated rings. The summed E-state index contributed by atoms with van der Waals surface area (Å²) in [6.07, 6.45) is 5.39. The van der Waals surface area contributed by atoms with E-state index in [1.165, 1.54) is 0 Å². The van der Waals surface area contributed by atoms with Gasteiger partial charge in [-0.05, 0) is 24.6 Å². The second-order valence-electron chi connectivity index (χ2n) is 6.48. The zero-order valence-corrected chi connectivity index (χ0v) is 13.9. The first-order valence-corrected chi connectivity index (χ1v) is 8.51. The smallest absolute Gasteiger partial charge is 0.258 e. The number of aryl methyl sites for hydroxylation is 1. The van der Waals surface area contributed by atoms with Crippen molar-refractivity contribution >= 4 is 11.8 Å². The number of hydrogen-bond acceptors (Lipinski definition) is 4. The lowest BCUT2D eigenvalue weighted by Gasteiger charge is -2.45. The minimum atomic E-state index is -0.828. The Labute approximate surface area is 145 Å². The van der Waals surface area contributed by atoms with Gasteiger partial charge < -0.3 is 15.0 Å². The van der Waals surface area contributed by atoms with Crippen LogP contribution in [0.15, 0.2) is 42.7 Å². The number of para-hydroxylation sites is 1. The van der Waals surface area contributed by atoms with E-state index in [2.05, 4.69) is 10.4 Å². The number of amides is 2. The van der Waals surface area contributed by atoms with Gasteiger partial charge in [0.2, 0.25) is 11.6 Å². The molecule has 7 nitrogen and oxygen atoms in total. The van der Waals surface area contributed by atoms with Gasteiger partial charge in [-0.3, -0.25) is 14.3 Å². The van der Waals surface area contributed by atoms with Gasteiger partial charge in [-0.15, -0.1) is 0 Å². The number of nitrogens with zero attached hydrogens (tertiary/aromatic N) is 3. The Kier molecular flexibility index (Phi) is 3.91. The molecule has 4 rings (SSSR count). The first-order chi connectivity index (χ1) is 12.2. The van der Waals surface area contributed by atoms with Crippen molar-refractivity contribution in [3.8, 4) is 5.75 Å². The SMILES string of the molecule is O=C1N[C@]2(CCCN(C(=O)CCn3cccn3)C2)Oc2ccccc21. The van der Waals surface area contributed by atoms with Crippen LogP contribution < -0.4 is 10.1 Å². The van der Waals surface area contributed by atoms with Crippen molar-refractivity contribution in [1.29, 1.82) is 0 Å². The van der Waals surface area contributed by atoms with E-state index >= 15 is 0 Å². The fourth-order valence-electron chi connectivity index (χ4n) is 3.47. The number of likely N-dealkylation sites (tertiary alicyclic amines) is 1. The summed E-state index contributed by atoms with van der Waals surface area (Å²) in [4.78, 5) is 26.8. The highest BCUT2D eigenvalue weighted by molar-refractivity contribution is 5.98. The summed E-state index contributed by atoms with van der Waals surface area (Å²) in [7, 11) is 0. The van der Waals surface area contributed by atoms with Crippen molar-refractivity contribution in [2.45, 2.75) is 31.5 Å². The topological polar surface area (TPSA) is 76.5 Å². The lowest BCUT2D eigenvalue weighted by Crippen LogP contribution is -2.64. The Hall–Kier alpha value is -2.83. The fraction of sp³-hybridized carbons (Fsp3) is 0.389. The highest BCUT2D eigenvalue weighted by Gasteiger charge is 2.44. The molecule has 1 atom stereocenters. The number of rotatable bonds is 3. The van der Waals surface area contributed by atoms with Crippen molar-refractivity contribution in [1.82, 2.24) is 20.0 Å². The third-order valence-electron chi connectivity index (χ3n) is 4.70. The second-order valence-corrected chi connectivity index (χ2v) is 6.48. The largest absolute Gasteiger partial charge is 0.465 e. The van der Waals surface area contributed by atoms with Crippen LogP contribution >= 0.6 is 0 Å². The quantitative estimate of drug-likeness (QED) is 0.917. The minimum Gasteiger partial charge on any atom is -0.465 e. The standard InChI is InChI=1S/C18H20N4O3/c23-16(7-12-22-11-4-9-19-22)21-10-3-8-18(13-21)20-17(24)14-5-1-2-6-15(14)25-18/h1-2,4-6,9,11H,3,7-8,10,12-13H2,(H,20,24)/t18-/m1/s1. The van der Waals surface area contributed by atoms with Crippen LogP contribution in [0.4, 0.5) is 0 Å². The fourth-order valence-corrected chi connectivity index (χ4v) is 3.47. The molecule has 2 aromatic rings. The average molecular weight is 340 g/mol. The van der Waals surface area contributed by atoms with E-state index in [0.29, 0.717) is 43.8 Å². The second kappa shape index (κ2) is 6.23. The molecule has 1 N–H and O–H groups in total. The van der Waals surface area contributed by atoms with E-state index in [1.807, 2.05) is 24.4 Å². The lowest BCUT2D eigenvalue weighted by molar-refractivity contribution is -0.138. The number of piperidine rings is 1. The minimum absolute atomic E-state index is 0.0475. The normalized spacial score (nSPS) is 22.2. The molecular weight excluding hydrogens is 320 g/mol. The third-order valence-corrected chi connectivity index (χ3v) is 4.70. The number of hydrogen-bond donors (Lipinski definition) is 1. The summed E-state index contributed by atoms with van der Waals surface area (Å²) >= 11 is 0. The number of aromatic nitrogens is 2. The number of carbonyl (C=O) groups excluding carboxylic acids is 2. The lowest BCUT2D eigenvalue weighted by atomic mass is 9.97. The molecule has 0 saturated carbocycles. The monoisotopic (exact) mass is 340 g/mol. The molecule has 3 heterocycles. The van der Waals surface area contributed by atoms with Crippen molar-refractivity contribution in [2.24, 2.45) is 0 Å². The zero-order chi connectivity index (χ0) is 17.3. The Bertz CT molecular complexity index is 789. The van der Waals surface area contributed by atoms with Crippen LogP contribution in [0.25, 0.3) is 0 Å². The predicted molar refractivity (Wildman–Crippen MR) is 89.9 cm³/mol. The maximum Gasteiger partial charge on any atom is 0.258 e. The molecule has 0 bridgehead atoms. The maximum atomic E-state index is 12.6. The van der Waals surface area contributed by atoms with Crippen LogP contribution in [0.3, 0.4) is 0 Å². The molecule has 1 saturated heterocycles. The first-order valence-electron chi connectivity index (χ1n) is 8.51. The molecule has 0 radical (unpaired) electrons. The van der Waals surface area contributed by atoms with Gasteiger partial charge >= 0.3 is 0 Å². The van der Waals surface area contributed by atoms with Crippen LogP contribution in [0.5, 0.6) is 5.75 Å². The Morgan fingerprint density at radius 3 is 3.04 bits per heavy atom. The van der Waals surface area contributed by atoms with E-state index in [0.717, 1.165) is 6.42 Å². The molecule has 7 heteroatoms. The van der Waals surface area contributed by atoms with Gasteiger partial charge in [-0.25, -0.2) is 0 Å². The summed E-state index contributed by atoms with van der Waals surface area (Å²) in [5.74, 6) is 0.482. The molecule has 2 aliphatic heterocycles. The highest BCUT2D eigenvalue weighted by atomic mass is 16.5. The van der Waals surface area contributed by atoms with Crippen LogP contribution in [0, 0.1) is 0 Å². The molecule has 130 valence electrons. The van der Waals surface area contributed by atoms with Gasteiger partial charge in [0.15, 0.2) is 0 Å². The van der Waals surface area contributed by atoms with Crippen molar-refractivity contribution in [3.63, 3.8) is 0 Å². The van der Waals surface area contributed by atoms with Crippen molar-refractivity contribution < 1.29 is 14.3 Å². The van der Waals surface area contributed by atoms with Crippen LogP contribution in [0.2, 0.25) is 0 Å². The van der Waals surface area contributed by atoms with Gasteiger partial charge in [0.1, 0.15) is 5.75 Å². The molecule has 2 amide bonds. The van der Waals surface area contributed by atoms with Gasteiger partial charge in [0.25, 0.3) is 5.91 Å². The number of ether oxygens (including phenoxy) is 1. The molecule has 1 aromatic heterocycles. The predicted octanol–water partition coefficient (Wildman–Crippen LogP) is 1.41. The Morgan fingerprint density at radius 1 is 1.32 bits per heavy atom. The molecule has 0 aliphatic carbocycles. The van der Waals surface area contributed by atoms with E-state index in [-0.39, 0.29) is 11.8 Å². The summed E-state index contributed by atoms with van der Waals surface area (Å²) < 4.78 is 7.86. The summed E-state index contributed by atoms with van der Waals surface area (Å²) in [6, 6.07) is 9.04. The Balaban J connectivity index is 1.46. The number of nitrogens with one attached hydrogen (secondary N) is 1. The molecule has 2 aliphatic rings. The van der Waals surface area contributed by atoms with Crippen LogP contribution in [-0.2, 0) is 11.3 Å². The molecular formula is C18H20N4O3. The van der Waals surface area contributed by atoms with E-state index in [9.17, 15) is 9.59 Å². The van der Waals surface area contributed by atoms with Gasteiger partial charge in [0.05, 0.1) is 12.1 Å². The summed E-state index contributed by atoms with van der Waals surface area (Å²) in [6.45, 7) is 1.59. The molecule has 1 aromatic carbocycles. The third kappa shape index (κ3) is 3.09. The van der Waals surface area contributed by atoms with Crippen LogP contribution in [-0.4, -0.2) is 45.3 Å². The first kappa shape index (κ1) is 15.7. The van der Waals surface area contributed by atoms with E-state index in [4.69, 9.17) is 4.74 Å². The van der Waals surface area contributed by atoms with Crippen molar-refractivity contribution in [3.05, 3.63) is 48.3 Å². The highest BCUT2D eigenvalue weighted by Crippen LogP contribution is 2.32. The number of fused-ring (bicyclic) bond motifs is 1. The number of benzene rings is 1. The molecule has 0 unspecified atom stereocenters. The van der Waals surface area contributed by atoms with E-state index in [1.54, 1.807) is 27.9 Å². The van der Waals surface area contributed by atoms with Gasteiger partial charge in [-0.2, -0.15) is 5.10 Å². The summed E-state index contributed by atoms with van der Waals surface area (Å²) in [5.41, 5.74) is -0.291. The zero-order valence-electron chi connectivity index (χ0n) is 13.9. The van der Waals surface area contributed by atoms with Gasteiger partial charge in [0, 0.05) is 38.3 Å².